The molecule has 49 N–H and O–H groups in total. The first kappa shape index (κ1) is 99.9. The topological polar surface area (TPSA) is 911 Å². The molecule has 0 aliphatic rings. The molecule has 0 spiro atoms. The zero-order valence-electron chi connectivity index (χ0n) is 63.0. The van der Waals surface area contributed by atoms with Crippen molar-refractivity contribution in [2.75, 3.05) is 71.3 Å². The second-order valence-corrected chi connectivity index (χ2v) is 26.0. The minimum atomic E-state index is -1.63. The fourth-order valence-corrected chi connectivity index (χ4v) is 10.6. The summed E-state index contributed by atoms with van der Waals surface area (Å²) >= 11 is 4.08. The van der Waals surface area contributed by atoms with Crippen LogP contribution in [0.2, 0.25) is 0 Å². The van der Waals surface area contributed by atoms with Gasteiger partial charge < -0.3 is 163 Å². The standard InChI is InChI=1S/C61H122N38O12S/c1-31(11-2-20-81-53(63)64)43(102)98-40(29-100)52(111)97-38(18-9-27-88-60(77)78)50(109)95-36(16-7-25-86-58(73)74)48(107)93-34(14-5-23-84-56(69)70)46(105)91-32(12-3-21-82-54(65)66)44(103)90-33(13-4-22-83-55(67)68)45(104)92-35(15-6-24-85-57(71)72)47(106)94-37(17-8-26-87-59(75)76)49(108)96-39(19-10-28-89-61(79)80)51(110)99-41(30-112)42(62)101/h31-41,100,112H,2-30H2,1H3,(H2,62,101)(H,90,103)(H,91,105)(H,92,104)(H,93,107)(H,94,106)(H,95,109)(H,96,108)(H,97,111)(H,98,102)(H,99,110)(H4,63,64,81)(H4,65,66,82)(H4,67,68,83)(H4,69,70,84)(H4,71,72,85)(H4,73,74,86)(H4,75,76,87)(H4,77,78,88)(H4,79,80,89)/t31-,32+,33+,34+,35+,36+,37+,38+,39+,40-,41+/m0/s1. The van der Waals surface area contributed by atoms with Gasteiger partial charge in [-0.1, -0.05) is 6.92 Å². The minimum Gasteiger partial charge on any atom is -0.394 e. The largest absolute Gasteiger partial charge is 0.394 e. The lowest BCUT2D eigenvalue weighted by atomic mass is 10.0. The zero-order valence-corrected chi connectivity index (χ0v) is 63.9. The first-order valence-corrected chi connectivity index (χ1v) is 36.7. The minimum absolute atomic E-state index is 0.000242. The van der Waals surface area contributed by atoms with E-state index >= 15 is 0 Å². The molecule has 0 saturated carbocycles. The van der Waals surface area contributed by atoms with Gasteiger partial charge in [0, 0.05) is 70.6 Å². The highest BCUT2D eigenvalue weighted by molar-refractivity contribution is 7.80. The van der Waals surface area contributed by atoms with E-state index in [1.165, 1.54) is 0 Å². The Hall–Kier alpha value is -12.1. The van der Waals surface area contributed by atoms with Gasteiger partial charge >= 0.3 is 0 Å². The number of thiol groups is 1. The van der Waals surface area contributed by atoms with Crippen LogP contribution in [-0.4, -0.2) is 255 Å². The number of aliphatic hydroxyl groups excluding tert-OH is 1. The first-order chi connectivity index (χ1) is 52.8. The van der Waals surface area contributed by atoms with Crippen LogP contribution in [0.25, 0.3) is 0 Å². The quantitative estimate of drug-likeness (QED) is 0.0116. The van der Waals surface area contributed by atoms with Crippen LogP contribution >= 0.6 is 12.6 Å². The van der Waals surface area contributed by atoms with E-state index in [1.54, 1.807) is 6.92 Å². The van der Waals surface area contributed by atoms with Gasteiger partial charge in [0.2, 0.25) is 65.0 Å². The average molecular weight is 1610 g/mol. The van der Waals surface area contributed by atoms with E-state index in [2.05, 4.69) is 114 Å². The van der Waals surface area contributed by atoms with Gasteiger partial charge in [-0.3, -0.25) is 101 Å². The Balaban J connectivity index is 7.92. The predicted octanol–water partition coefficient (Wildman–Crippen LogP) is -12.8. The molecule has 0 fully saturated rings. The highest BCUT2D eigenvalue weighted by Gasteiger charge is 2.36. The van der Waals surface area contributed by atoms with Gasteiger partial charge in [0.15, 0.2) is 53.6 Å². The third-order valence-electron chi connectivity index (χ3n) is 16.2. The summed E-state index contributed by atoms with van der Waals surface area (Å²) in [7, 11) is 0. The smallest absolute Gasteiger partial charge is 0.245 e. The van der Waals surface area contributed by atoms with E-state index in [-0.39, 0.29) is 186 Å². The van der Waals surface area contributed by atoms with E-state index in [0.29, 0.717) is 6.42 Å². The Labute approximate surface area is 653 Å². The summed E-state index contributed by atoms with van der Waals surface area (Å²) in [4.78, 5) is 156. The molecule has 0 aromatic rings. The molecule has 11 amide bonds. The summed E-state index contributed by atoms with van der Waals surface area (Å²) in [5.74, 6) is -15.2. The number of carbonyl (C=O) groups is 11. The molecule has 0 rings (SSSR count). The van der Waals surface area contributed by atoms with Crippen molar-refractivity contribution in [2.24, 2.45) is 63.3 Å². The summed E-state index contributed by atoms with van der Waals surface area (Å²) in [6.07, 6.45) is -0.946. The molecule has 0 unspecified atom stereocenters. The summed E-state index contributed by atoms with van der Waals surface area (Å²) in [5.41, 5.74) is 55.0. The molecule has 0 radical (unpaired) electrons. The number of hydrogen-bond acceptors (Lipinski definition) is 22. The second-order valence-electron chi connectivity index (χ2n) is 25.6. The van der Waals surface area contributed by atoms with E-state index in [9.17, 15) is 57.8 Å². The molecule has 0 aliphatic heterocycles. The Bertz CT molecular complexity index is 3150. The van der Waals surface area contributed by atoms with Crippen molar-refractivity contribution in [3.05, 3.63) is 0 Å². The van der Waals surface area contributed by atoms with Gasteiger partial charge in [0.25, 0.3) is 0 Å². The molecule has 0 heterocycles. The highest BCUT2D eigenvalue weighted by Crippen LogP contribution is 2.12. The van der Waals surface area contributed by atoms with Crippen molar-refractivity contribution in [1.29, 1.82) is 48.7 Å². The summed E-state index contributed by atoms with van der Waals surface area (Å²) in [5, 5.41) is 128. The molecule has 50 nitrogen and oxygen atoms in total. The van der Waals surface area contributed by atoms with Crippen LogP contribution in [0.1, 0.15) is 122 Å². The van der Waals surface area contributed by atoms with Crippen LogP contribution < -0.4 is 158 Å². The highest BCUT2D eigenvalue weighted by atomic mass is 32.1. The molecule has 112 heavy (non-hydrogen) atoms. The zero-order chi connectivity index (χ0) is 84.8. The molecule has 634 valence electrons. The second kappa shape index (κ2) is 57.1. The van der Waals surface area contributed by atoms with Gasteiger partial charge in [-0.2, -0.15) is 12.6 Å². The number of carbonyl (C=O) groups excluding carboxylic acids is 11. The SMILES string of the molecule is C[C@@H](CCCNC(=N)N)C(=O)N[C@@H](CO)C(=O)N[C@H](CCCNC(=N)N)C(=O)N[C@H](CCCNC(=N)N)C(=O)N[C@H](CCCNC(=N)N)C(=O)N[C@H](CCCNC(=N)N)C(=O)N[C@H](CCCNC(=N)N)C(=O)N[C@H](CCCNC(=N)N)C(=O)N[C@H](CCCNC(=N)N)C(=O)N[C@H](CCCNC(=N)N)C(=O)N[C@H](CS)C(N)=O. The summed E-state index contributed by atoms with van der Waals surface area (Å²) in [6.45, 7) is 0.750. The molecule has 51 heteroatoms. The lowest BCUT2D eigenvalue weighted by Gasteiger charge is -2.29. The molecule has 11 atom stereocenters. The van der Waals surface area contributed by atoms with E-state index in [1.807, 2.05) is 0 Å². The molecule has 0 aliphatic carbocycles. The maximum Gasteiger partial charge on any atom is 0.245 e. The van der Waals surface area contributed by atoms with Crippen LogP contribution in [0.4, 0.5) is 0 Å². The lowest BCUT2D eigenvalue weighted by molar-refractivity contribution is -0.136. The lowest BCUT2D eigenvalue weighted by Crippen LogP contribution is -2.61. The van der Waals surface area contributed by atoms with Crippen molar-refractivity contribution in [3.8, 4) is 0 Å². The van der Waals surface area contributed by atoms with Gasteiger partial charge in [0.1, 0.15) is 60.4 Å². The maximum absolute atomic E-state index is 15.0. The molecular weight excluding hydrogens is 1490 g/mol. The van der Waals surface area contributed by atoms with E-state index in [4.69, 9.17) is 106 Å². The number of guanidine groups is 9. The van der Waals surface area contributed by atoms with Crippen LogP contribution in [0.15, 0.2) is 0 Å². The van der Waals surface area contributed by atoms with Gasteiger partial charge in [-0.25, -0.2) is 0 Å². The van der Waals surface area contributed by atoms with Gasteiger partial charge in [-0.15, -0.1) is 0 Å². The van der Waals surface area contributed by atoms with Gasteiger partial charge in [0.05, 0.1) is 6.61 Å². The molecule has 0 saturated heterocycles. The van der Waals surface area contributed by atoms with Crippen LogP contribution in [0, 0.1) is 54.6 Å². The molecule has 0 aromatic heterocycles. The monoisotopic (exact) mass is 1610 g/mol. The number of nitrogens with one attached hydrogen (secondary N) is 28. The number of nitrogens with two attached hydrogens (primary N) is 10. The van der Waals surface area contributed by atoms with Crippen molar-refractivity contribution < 1.29 is 57.8 Å². The number of aliphatic hydroxyl groups is 1. The third kappa shape index (κ3) is 47.7. The van der Waals surface area contributed by atoms with Crippen LogP contribution in [0.5, 0.6) is 0 Å². The number of hydrogen-bond donors (Lipinski definition) is 40. The fraction of sp³-hybridized carbons (Fsp3) is 0.672. The Morgan fingerprint density at radius 2 is 0.393 bits per heavy atom. The Morgan fingerprint density at radius 1 is 0.250 bits per heavy atom. The van der Waals surface area contributed by atoms with Gasteiger partial charge in [-0.05, 0) is 116 Å². The normalized spacial score (nSPS) is 13.6. The molecule has 0 aromatic carbocycles. The van der Waals surface area contributed by atoms with Crippen molar-refractivity contribution in [2.45, 2.75) is 183 Å². The number of amides is 11. The Morgan fingerprint density at radius 3 is 0.536 bits per heavy atom. The third-order valence-corrected chi connectivity index (χ3v) is 16.5. The van der Waals surface area contributed by atoms with E-state index < -0.39 is 180 Å². The molecule has 0 bridgehead atoms. The Kier molecular flexibility index (Phi) is 50.9. The number of primary amides is 1. The number of rotatable bonds is 59. The van der Waals surface area contributed by atoms with Crippen LogP contribution in [-0.2, 0) is 52.7 Å². The first-order valence-electron chi connectivity index (χ1n) is 36.1. The van der Waals surface area contributed by atoms with E-state index in [0.717, 1.165) is 0 Å². The van der Waals surface area contributed by atoms with Crippen molar-refractivity contribution >= 4 is 131 Å². The summed E-state index contributed by atoms with van der Waals surface area (Å²) < 4.78 is 0. The summed E-state index contributed by atoms with van der Waals surface area (Å²) in [6, 6.07) is -15.4. The predicted molar refractivity (Wildman–Crippen MR) is 421 cm³/mol. The maximum atomic E-state index is 15.0. The van der Waals surface area contributed by atoms with Crippen molar-refractivity contribution in [3.63, 3.8) is 0 Å². The fourth-order valence-electron chi connectivity index (χ4n) is 10.3. The van der Waals surface area contributed by atoms with Crippen LogP contribution in [0.3, 0.4) is 0 Å². The average Bonchev–Trinajstić information content (AvgIpc) is 0.860. The van der Waals surface area contributed by atoms with Crippen molar-refractivity contribution in [1.82, 2.24) is 101 Å². The molecular formula is C61H122N38O12S.